The van der Waals surface area contributed by atoms with E-state index in [4.69, 9.17) is 0 Å². The summed E-state index contributed by atoms with van der Waals surface area (Å²) < 4.78 is 13.5. The van der Waals surface area contributed by atoms with Gasteiger partial charge in [0.1, 0.15) is 5.82 Å². The molecule has 3 N–H and O–H groups in total. The van der Waals surface area contributed by atoms with Crippen molar-refractivity contribution in [2.45, 2.75) is 27.3 Å². The highest BCUT2D eigenvalue weighted by molar-refractivity contribution is 5.86. The predicted octanol–water partition coefficient (Wildman–Crippen LogP) is 1.33. The molecular formula is C15H23FN4O. The van der Waals surface area contributed by atoms with Crippen LogP contribution in [0, 0.1) is 12.7 Å². The molecule has 0 bridgehead atoms. The van der Waals surface area contributed by atoms with Crippen LogP contribution in [0.1, 0.15) is 25.0 Å². The summed E-state index contributed by atoms with van der Waals surface area (Å²) in [6, 6.07) is 5.05. The first-order valence-electron chi connectivity index (χ1n) is 7.10. The molecule has 6 heteroatoms. The zero-order valence-corrected chi connectivity index (χ0v) is 12.8. The summed E-state index contributed by atoms with van der Waals surface area (Å²) in [5.41, 5.74) is 1.40. The summed E-state index contributed by atoms with van der Waals surface area (Å²) in [5.74, 6) is 0.206. The third-order valence-corrected chi connectivity index (χ3v) is 2.79. The minimum Gasteiger partial charge on any atom is -0.357 e. The molecule has 0 saturated carbocycles. The second kappa shape index (κ2) is 8.94. The zero-order valence-electron chi connectivity index (χ0n) is 12.8. The average molecular weight is 294 g/mol. The number of nitrogens with one attached hydrogen (secondary N) is 3. The summed E-state index contributed by atoms with van der Waals surface area (Å²) >= 11 is 0. The molecule has 1 amide bonds. The molecule has 1 rings (SSSR count). The van der Waals surface area contributed by atoms with Crippen molar-refractivity contribution < 1.29 is 9.18 Å². The van der Waals surface area contributed by atoms with Gasteiger partial charge in [0.2, 0.25) is 5.91 Å². The highest BCUT2D eigenvalue weighted by Gasteiger charge is 2.03. The Labute approximate surface area is 125 Å². The molecule has 5 nitrogen and oxygen atoms in total. The van der Waals surface area contributed by atoms with Gasteiger partial charge < -0.3 is 16.0 Å². The molecule has 1 aromatic carbocycles. The minimum absolute atomic E-state index is 0.0931. The lowest BCUT2D eigenvalue weighted by Crippen LogP contribution is -2.43. The maximum absolute atomic E-state index is 13.5. The van der Waals surface area contributed by atoms with E-state index in [9.17, 15) is 9.18 Å². The highest BCUT2D eigenvalue weighted by Crippen LogP contribution is 2.09. The van der Waals surface area contributed by atoms with Gasteiger partial charge in [-0.05, 0) is 38.0 Å². The fourth-order valence-corrected chi connectivity index (χ4v) is 1.67. The number of hydrogen-bond donors (Lipinski definition) is 3. The number of nitrogens with zero attached hydrogens (tertiary/aromatic N) is 1. The Bertz CT molecular complexity index is 502. The van der Waals surface area contributed by atoms with E-state index < -0.39 is 0 Å². The van der Waals surface area contributed by atoms with Crippen molar-refractivity contribution in [1.29, 1.82) is 0 Å². The van der Waals surface area contributed by atoms with Crippen molar-refractivity contribution in [3.8, 4) is 0 Å². The van der Waals surface area contributed by atoms with Gasteiger partial charge in [-0.2, -0.15) is 0 Å². The summed E-state index contributed by atoms with van der Waals surface area (Å²) in [5, 5.41) is 8.67. The van der Waals surface area contributed by atoms with E-state index in [0.717, 1.165) is 5.56 Å². The lowest BCUT2D eigenvalue weighted by Gasteiger charge is -2.11. The van der Waals surface area contributed by atoms with Crippen LogP contribution >= 0.6 is 0 Å². The van der Waals surface area contributed by atoms with Crippen molar-refractivity contribution in [2.75, 3.05) is 19.6 Å². The van der Waals surface area contributed by atoms with E-state index in [1.54, 1.807) is 13.0 Å². The van der Waals surface area contributed by atoms with Gasteiger partial charge in [0.05, 0.1) is 13.1 Å². The Morgan fingerprint density at radius 3 is 2.52 bits per heavy atom. The Balaban J connectivity index is 2.62. The van der Waals surface area contributed by atoms with Crippen molar-refractivity contribution in [3.63, 3.8) is 0 Å². The van der Waals surface area contributed by atoms with Crippen LogP contribution in [0.15, 0.2) is 23.2 Å². The molecule has 0 fully saturated rings. The topological polar surface area (TPSA) is 65.5 Å². The second-order valence-electron chi connectivity index (χ2n) is 4.59. The van der Waals surface area contributed by atoms with Gasteiger partial charge in [0.25, 0.3) is 0 Å². The van der Waals surface area contributed by atoms with Gasteiger partial charge in [-0.25, -0.2) is 9.38 Å². The molecular weight excluding hydrogens is 271 g/mol. The third kappa shape index (κ3) is 6.25. The quantitative estimate of drug-likeness (QED) is 0.548. The molecule has 0 saturated heterocycles. The second-order valence-corrected chi connectivity index (χ2v) is 4.59. The maximum Gasteiger partial charge on any atom is 0.239 e. The minimum atomic E-state index is -0.233. The number of halogens is 1. The third-order valence-electron chi connectivity index (χ3n) is 2.79. The molecule has 0 spiro atoms. The van der Waals surface area contributed by atoms with Crippen LogP contribution in [-0.2, 0) is 11.3 Å². The number of benzene rings is 1. The first kappa shape index (κ1) is 16.9. The number of rotatable bonds is 6. The van der Waals surface area contributed by atoms with Crippen LogP contribution in [-0.4, -0.2) is 31.5 Å². The SMILES string of the molecule is CCNC(=O)CNC(=NCc1ccc(C)c(F)c1)NCC. The fourth-order valence-electron chi connectivity index (χ4n) is 1.67. The summed E-state index contributed by atoms with van der Waals surface area (Å²) in [6.07, 6.45) is 0. The molecule has 116 valence electrons. The first-order chi connectivity index (χ1) is 10.1. The lowest BCUT2D eigenvalue weighted by atomic mass is 10.1. The van der Waals surface area contributed by atoms with Crippen molar-refractivity contribution in [1.82, 2.24) is 16.0 Å². The number of hydrogen-bond acceptors (Lipinski definition) is 2. The molecule has 0 radical (unpaired) electrons. The number of likely N-dealkylation sites (N-methyl/N-ethyl adjacent to an activating group) is 1. The van der Waals surface area contributed by atoms with Crippen LogP contribution in [0.2, 0.25) is 0 Å². The first-order valence-corrected chi connectivity index (χ1v) is 7.10. The van der Waals surface area contributed by atoms with E-state index in [1.165, 1.54) is 6.07 Å². The van der Waals surface area contributed by atoms with E-state index in [1.807, 2.05) is 19.9 Å². The Morgan fingerprint density at radius 2 is 1.90 bits per heavy atom. The van der Waals surface area contributed by atoms with E-state index in [-0.39, 0.29) is 18.3 Å². The predicted molar refractivity (Wildman–Crippen MR) is 82.6 cm³/mol. The van der Waals surface area contributed by atoms with Gasteiger partial charge in [0.15, 0.2) is 5.96 Å². The molecule has 1 aromatic rings. The van der Waals surface area contributed by atoms with Gasteiger partial charge in [-0.3, -0.25) is 4.79 Å². The molecule has 0 aliphatic rings. The van der Waals surface area contributed by atoms with Crippen molar-refractivity contribution >= 4 is 11.9 Å². The molecule has 0 aliphatic carbocycles. The van der Waals surface area contributed by atoms with Gasteiger partial charge in [-0.15, -0.1) is 0 Å². The number of amides is 1. The molecule has 0 atom stereocenters. The van der Waals surface area contributed by atoms with E-state index >= 15 is 0 Å². The normalized spacial score (nSPS) is 11.1. The summed E-state index contributed by atoms with van der Waals surface area (Å²) in [4.78, 5) is 15.7. The summed E-state index contributed by atoms with van der Waals surface area (Å²) in [6.45, 7) is 7.31. The molecule has 21 heavy (non-hydrogen) atoms. The van der Waals surface area contributed by atoms with Gasteiger partial charge in [-0.1, -0.05) is 12.1 Å². The van der Waals surface area contributed by atoms with Gasteiger partial charge in [0, 0.05) is 13.1 Å². The molecule has 0 heterocycles. The van der Waals surface area contributed by atoms with E-state index in [2.05, 4.69) is 20.9 Å². The largest absolute Gasteiger partial charge is 0.357 e. The number of aryl methyl sites for hydroxylation is 1. The number of carbonyl (C=O) groups is 1. The number of carbonyl (C=O) groups excluding carboxylic acids is 1. The maximum atomic E-state index is 13.5. The Hall–Kier alpha value is -2.11. The van der Waals surface area contributed by atoms with Crippen LogP contribution in [0.25, 0.3) is 0 Å². The molecule has 0 unspecified atom stereocenters. The van der Waals surface area contributed by atoms with Crippen LogP contribution in [0.4, 0.5) is 4.39 Å². The molecule has 0 aromatic heterocycles. The average Bonchev–Trinajstić information content (AvgIpc) is 2.46. The van der Waals surface area contributed by atoms with Crippen LogP contribution in [0.5, 0.6) is 0 Å². The smallest absolute Gasteiger partial charge is 0.239 e. The fraction of sp³-hybridized carbons (Fsp3) is 0.467. The van der Waals surface area contributed by atoms with Crippen LogP contribution < -0.4 is 16.0 Å². The highest BCUT2D eigenvalue weighted by atomic mass is 19.1. The molecule has 0 aliphatic heterocycles. The van der Waals surface area contributed by atoms with Crippen molar-refractivity contribution in [2.24, 2.45) is 4.99 Å². The lowest BCUT2D eigenvalue weighted by molar-refractivity contribution is -0.119. The van der Waals surface area contributed by atoms with Crippen LogP contribution in [0.3, 0.4) is 0 Å². The number of aliphatic imine (C=N–C) groups is 1. The van der Waals surface area contributed by atoms with Gasteiger partial charge >= 0.3 is 0 Å². The standard InChI is InChI=1S/C15H23FN4O/c1-4-17-14(21)10-20-15(18-5-2)19-9-12-7-6-11(3)13(16)8-12/h6-8H,4-5,9-10H2,1-3H3,(H,17,21)(H2,18,19,20). The zero-order chi connectivity index (χ0) is 15.7. The Morgan fingerprint density at radius 1 is 1.19 bits per heavy atom. The Kier molecular flexibility index (Phi) is 7.21. The number of guanidine groups is 1. The van der Waals surface area contributed by atoms with E-state index in [0.29, 0.717) is 31.2 Å². The summed E-state index contributed by atoms with van der Waals surface area (Å²) in [7, 11) is 0. The monoisotopic (exact) mass is 294 g/mol. The van der Waals surface area contributed by atoms with Crippen molar-refractivity contribution in [3.05, 3.63) is 35.1 Å².